The lowest BCUT2D eigenvalue weighted by atomic mass is 9.95. The molecule has 0 spiro atoms. The van der Waals surface area contributed by atoms with Crippen LogP contribution in [-0.4, -0.2) is 68.6 Å². The first-order chi connectivity index (χ1) is 17.6. The van der Waals surface area contributed by atoms with Gasteiger partial charge in [-0.05, 0) is 50.7 Å². The highest BCUT2D eigenvalue weighted by Gasteiger charge is 2.67. The number of amides is 2. The summed E-state index contributed by atoms with van der Waals surface area (Å²) in [6, 6.07) is 3.51. The molecule has 8 heteroatoms. The summed E-state index contributed by atoms with van der Waals surface area (Å²) in [5.41, 5.74) is 2.98. The molecule has 5 rings (SSSR count). The number of rotatable bonds is 3. The van der Waals surface area contributed by atoms with E-state index in [4.69, 9.17) is 0 Å². The number of hydrogen-bond donors (Lipinski definition) is 0. The van der Waals surface area contributed by atoms with Crippen LogP contribution in [0.2, 0.25) is 0 Å². The van der Waals surface area contributed by atoms with Gasteiger partial charge in [-0.15, -0.1) is 0 Å². The number of piperidine rings is 1. The maximum atomic E-state index is 13.9. The summed E-state index contributed by atoms with van der Waals surface area (Å²) < 4.78 is 1.67. The van der Waals surface area contributed by atoms with E-state index in [2.05, 4.69) is 23.3 Å². The SMILES string of the molecule is CCC(=O)[C@@H]1C[C@@]23C[C@H]2N1C(=O)Cn1nc(C(C)=O)c2cc(C)cc(c21)C/C=C/CCCC(=O)N(C)C3. The molecule has 1 saturated carbocycles. The van der Waals surface area contributed by atoms with Crippen molar-refractivity contribution < 1.29 is 19.2 Å². The summed E-state index contributed by atoms with van der Waals surface area (Å²) in [5, 5.41) is 5.38. The Hall–Kier alpha value is -3.29. The summed E-state index contributed by atoms with van der Waals surface area (Å²) in [4.78, 5) is 55.7. The van der Waals surface area contributed by atoms with E-state index in [1.54, 1.807) is 14.5 Å². The van der Waals surface area contributed by atoms with Crippen LogP contribution in [0.4, 0.5) is 0 Å². The Kier molecular flexibility index (Phi) is 6.54. The second kappa shape index (κ2) is 9.54. The van der Waals surface area contributed by atoms with Crippen molar-refractivity contribution in [3.63, 3.8) is 0 Å². The molecule has 37 heavy (non-hydrogen) atoms. The fraction of sp³-hybridized carbons (Fsp3) is 0.552. The second-order valence-electron chi connectivity index (χ2n) is 11.1. The third kappa shape index (κ3) is 4.51. The number of benzene rings is 1. The molecule has 1 aromatic heterocycles. The van der Waals surface area contributed by atoms with Gasteiger partial charge in [-0.3, -0.25) is 23.9 Å². The van der Waals surface area contributed by atoms with Crippen LogP contribution in [-0.2, 0) is 27.3 Å². The normalized spacial score (nSPS) is 27.2. The number of carbonyl (C=O) groups is 4. The second-order valence-corrected chi connectivity index (χ2v) is 11.1. The number of Topliss-reactive ketones (excluding diaryl/α,β-unsaturated/α-hetero) is 2. The van der Waals surface area contributed by atoms with Crippen molar-refractivity contribution in [1.82, 2.24) is 19.6 Å². The standard InChI is InChI=1S/C29H36N4O4/c1-5-23(35)22-14-29-15-24(29)33(22)26(37)16-32-28-20(10-8-6-7-9-11-25(36)31(4)17-29)12-18(2)13-21(28)27(30-32)19(3)34/h6,8,12-13,22,24H,5,7,9-11,14-17H2,1-4H3/b8-6+/t22-,24+,29-/m0/s1. The highest BCUT2D eigenvalue weighted by atomic mass is 16.2. The fourth-order valence-electron chi connectivity index (χ4n) is 6.48. The maximum Gasteiger partial charge on any atom is 0.245 e. The lowest BCUT2D eigenvalue weighted by Gasteiger charge is -2.26. The molecular formula is C29H36N4O4. The average molecular weight is 505 g/mol. The monoisotopic (exact) mass is 504 g/mol. The van der Waals surface area contributed by atoms with Crippen molar-refractivity contribution in [2.75, 3.05) is 13.6 Å². The predicted octanol–water partition coefficient (Wildman–Crippen LogP) is 3.63. The summed E-state index contributed by atoms with van der Waals surface area (Å²) in [7, 11) is 1.83. The molecule has 0 N–H and O–H groups in total. The zero-order valence-electron chi connectivity index (χ0n) is 22.2. The van der Waals surface area contributed by atoms with Crippen LogP contribution in [0.5, 0.6) is 0 Å². The summed E-state index contributed by atoms with van der Waals surface area (Å²) in [6.07, 6.45) is 8.63. The zero-order chi connectivity index (χ0) is 26.5. The summed E-state index contributed by atoms with van der Waals surface area (Å²) >= 11 is 0. The van der Waals surface area contributed by atoms with E-state index in [0.717, 1.165) is 41.3 Å². The highest BCUT2D eigenvalue weighted by molar-refractivity contribution is 6.06. The number of aromatic nitrogens is 2. The van der Waals surface area contributed by atoms with E-state index in [1.807, 2.05) is 27.0 Å². The molecule has 0 radical (unpaired) electrons. The molecule has 196 valence electrons. The van der Waals surface area contributed by atoms with Gasteiger partial charge in [0.15, 0.2) is 11.6 Å². The molecule has 0 unspecified atom stereocenters. The van der Waals surface area contributed by atoms with Crippen LogP contribution < -0.4 is 0 Å². The number of hydrogen-bond acceptors (Lipinski definition) is 5. The van der Waals surface area contributed by atoms with Gasteiger partial charge >= 0.3 is 0 Å². The molecule has 1 aliphatic carbocycles. The van der Waals surface area contributed by atoms with Gasteiger partial charge in [0.05, 0.1) is 11.6 Å². The third-order valence-corrected chi connectivity index (χ3v) is 8.36. The molecule has 2 fully saturated rings. The van der Waals surface area contributed by atoms with Crippen molar-refractivity contribution in [1.29, 1.82) is 0 Å². The molecule has 1 aromatic carbocycles. The summed E-state index contributed by atoms with van der Waals surface area (Å²) in [5.74, 6) is -0.131. The van der Waals surface area contributed by atoms with Gasteiger partial charge in [-0.2, -0.15) is 5.10 Å². The minimum absolute atomic E-state index is 0.0294. The molecule has 3 heterocycles. The minimum atomic E-state index is -0.475. The van der Waals surface area contributed by atoms with Crippen molar-refractivity contribution in [3.8, 4) is 0 Å². The lowest BCUT2D eigenvalue weighted by molar-refractivity contribution is -0.139. The first-order valence-electron chi connectivity index (χ1n) is 13.4. The molecule has 8 nitrogen and oxygen atoms in total. The number of carbonyl (C=O) groups excluding carboxylic acids is 4. The molecular weight excluding hydrogens is 468 g/mol. The maximum absolute atomic E-state index is 13.9. The highest BCUT2D eigenvalue weighted by Crippen LogP contribution is 2.60. The van der Waals surface area contributed by atoms with Crippen LogP contribution in [0.1, 0.15) is 74.0 Å². The Bertz CT molecular complexity index is 1320. The van der Waals surface area contributed by atoms with Crippen LogP contribution in [0.15, 0.2) is 24.3 Å². The van der Waals surface area contributed by atoms with Gasteiger partial charge in [-0.25, -0.2) is 0 Å². The first kappa shape index (κ1) is 25.4. The summed E-state index contributed by atoms with van der Waals surface area (Å²) in [6.45, 7) is 5.86. The van der Waals surface area contributed by atoms with Gasteiger partial charge in [-0.1, -0.05) is 30.7 Å². The number of allylic oxidation sites excluding steroid dienone is 2. The Morgan fingerprint density at radius 2 is 1.92 bits per heavy atom. The van der Waals surface area contributed by atoms with E-state index in [1.165, 1.54) is 6.92 Å². The van der Waals surface area contributed by atoms with E-state index >= 15 is 0 Å². The predicted molar refractivity (Wildman–Crippen MR) is 140 cm³/mol. The number of aryl methyl sites for hydroxylation is 1. The molecule has 3 atom stereocenters. The Morgan fingerprint density at radius 3 is 2.65 bits per heavy atom. The molecule has 1 saturated heterocycles. The molecule has 3 aliphatic rings. The van der Waals surface area contributed by atoms with Gasteiger partial charge in [0.25, 0.3) is 0 Å². The largest absolute Gasteiger partial charge is 0.345 e. The van der Waals surface area contributed by atoms with Crippen LogP contribution in [0.25, 0.3) is 10.9 Å². The Labute approximate surface area is 217 Å². The molecule has 2 bridgehead atoms. The van der Waals surface area contributed by atoms with Crippen molar-refractivity contribution in [2.45, 2.75) is 84.3 Å². The van der Waals surface area contributed by atoms with Crippen LogP contribution >= 0.6 is 0 Å². The van der Waals surface area contributed by atoms with Gasteiger partial charge in [0.1, 0.15) is 12.2 Å². The van der Waals surface area contributed by atoms with E-state index < -0.39 is 6.04 Å². The quantitative estimate of drug-likeness (QED) is 0.470. The van der Waals surface area contributed by atoms with E-state index in [-0.39, 0.29) is 41.4 Å². The van der Waals surface area contributed by atoms with Gasteiger partial charge in [0.2, 0.25) is 11.8 Å². The number of nitrogens with zero attached hydrogens (tertiary/aromatic N) is 4. The van der Waals surface area contributed by atoms with Crippen molar-refractivity contribution in [2.24, 2.45) is 5.41 Å². The Balaban J connectivity index is 1.59. The molecule has 2 amide bonds. The lowest BCUT2D eigenvalue weighted by Crippen LogP contribution is -2.44. The van der Waals surface area contributed by atoms with Crippen molar-refractivity contribution >= 4 is 34.3 Å². The van der Waals surface area contributed by atoms with E-state index in [0.29, 0.717) is 37.9 Å². The van der Waals surface area contributed by atoms with Crippen molar-refractivity contribution in [3.05, 3.63) is 41.1 Å². The number of ketones is 2. The third-order valence-electron chi connectivity index (χ3n) is 8.36. The van der Waals surface area contributed by atoms with Gasteiger partial charge < -0.3 is 9.80 Å². The topological polar surface area (TPSA) is 92.6 Å². The zero-order valence-corrected chi connectivity index (χ0v) is 22.2. The van der Waals surface area contributed by atoms with E-state index in [9.17, 15) is 19.2 Å². The van der Waals surface area contributed by atoms with Gasteiger partial charge in [0, 0.05) is 50.2 Å². The minimum Gasteiger partial charge on any atom is -0.345 e. The molecule has 2 aliphatic heterocycles. The smallest absolute Gasteiger partial charge is 0.245 e. The average Bonchev–Trinajstić information content (AvgIpc) is 3.25. The van der Waals surface area contributed by atoms with Crippen LogP contribution in [0.3, 0.4) is 0 Å². The first-order valence-corrected chi connectivity index (χ1v) is 13.4. The fourth-order valence-corrected chi connectivity index (χ4v) is 6.48. The molecule has 2 aromatic rings. The van der Waals surface area contributed by atoms with Crippen LogP contribution in [0, 0.1) is 12.3 Å². The Morgan fingerprint density at radius 1 is 1.14 bits per heavy atom.